The van der Waals surface area contributed by atoms with E-state index in [2.05, 4.69) is 24.2 Å². The molecule has 0 aliphatic heterocycles. The highest BCUT2D eigenvalue weighted by Crippen LogP contribution is 2.33. The molecule has 98 valence electrons. The molecule has 1 unspecified atom stereocenters. The number of aliphatic hydroxyl groups excluding tert-OH is 1. The molecule has 0 aliphatic carbocycles. The zero-order valence-corrected chi connectivity index (χ0v) is 11.6. The van der Waals surface area contributed by atoms with Gasteiger partial charge in [-0.15, -0.1) is 11.3 Å². The Bertz CT molecular complexity index is 686. The van der Waals surface area contributed by atoms with Gasteiger partial charge in [0.25, 0.3) is 0 Å². The number of benzene rings is 1. The van der Waals surface area contributed by atoms with Crippen LogP contribution in [0.25, 0.3) is 10.1 Å². The SMILES string of the molecule is CCCn1nccc1C(O)c1csc2ccccc12. The lowest BCUT2D eigenvalue weighted by Crippen LogP contribution is -2.09. The van der Waals surface area contributed by atoms with E-state index in [1.807, 2.05) is 28.3 Å². The molecule has 0 aliphatic rings. The summed E-state index contributed by atoms with van der Waals surface area (Å²) >= 11 is 1.67. The predicted octanol–water partition coefficient (Wildman–Crippen LogP) is 3.59. The zero-order valence-electron chi connectivity index (χ0n) is 10.8. The van der Waals surface area contributed by atoms with E-state index in [0.29, 0.717) is 0 Å². The molecule has 0 spiro atoms. The first-order valence-corrected chi connectivity index (χ1v) is 7.35. The topological polar surface area (TPSA) is 38.0 Å². The smallest absolute Gasteiger partial charge is 0.122 e. The van der Waals surface area contributed by atoms with E-state index in [9.17, 15) is 5.11 Å². The number of rotatable bonds is 4. The van der Waals surface area contributed by atoms with Crippen molar-refractivity contribution in [2.24, 2.45) is 0 Å². The van der Waals surface area contributed by atoms with Gasteiger partial charge in [0.2, 0.25) is 0 Å². The Morgan fingerprint density at radius 3 is 3.00 bits per heavy atom. The molecule has 2 heterocycles. The second kappa shape index (κ2) is 5.15. The van der Waals surface area contributed by atoms with Crippen LogP contribution in [-0.4, -0.2) is 14.9 Å². The minimum Gasteiger partial charge on any atom is -0.382 e. The van der Waals surface area contributed by atoms with Gasteiger partial charge in [-0.2, -0.15) is 5.10 Å². The summed E-state index contributed by atoms with van der Waals surface area (Å²) in [6, 6.07) is 10.1. The van der Waals surface area contributed by atoms with Crippen molar-refractivity contribution in [2.45, 2.75) is 26.0 Å². The van der Waals surface area contributed by atoms with E-state index in [1.165, 1.54) is 4.70 Å². The molecule has 3 rings (SSSR count). The summed E-state index contributed by atoms with van der Waals surface area (Å²) in [5.41, 5.74) is 1.84. The van der Waals surface area contributed by atoms with Gasteiger partial charge in [0.15, 0.2) is 0 Å². The normalized spacial score (nSPS) is 12.9. The Morgan fingerprint density at radius 1 is 1.32 bits per heavy atom. The molecular weight excluding hydrogens is 256 g/mol. The summed E-state index contributed by atoms with van der Waals surface area (Å²) in [5, 5.41) is 18.1. The molecule has 4 heteroatoms. The number of nitrogens with zero attached hydrogens (tertiary/aromatic N) is 2. The first kappa shape index (κ1) is 12.4. The van der Waals surface area contributed by atoms with Gasteiger partial charge in [-0.25, -0.2) is 0 Å². The van der Waals surface area contributed by atoms with Crippen molar-refractivity contribution in [3.05, 3.63) is 53.2 Å². The molecule has 0 amide bonds. The minimum absolute atomic E-state index is 0.606. The number of hydrogen-bond acceptors (Lipinski definition) is 3. The second-order valence-electron chi connectivity index (χ2n) is 4.57. The van der Waals surface area contributed by atoms with E-state index >= 15 is 0 Å². The van der Waals surface area contributed by atoms with Crippen molar-refractivity contribution in [3.63, 3.8) is 0 Å². The Kier molecular flexibility index (Phi) is 3.36. The Balaban J connectivity index is 2.03. The third-order valence-electron chi connectivity index (χ3n) is 3.27. The fourth-order valence-electron chi connectivity index (χ4n) is 2.34. The van der Waals surface area contributed by atoms with E-state index in [1.54, 1.807) is 17.5 Å². The molecule has 0 fully saturated rings. The van der Waals surface area contributed by atoms with Crippen LogP contribution >= 0.6 is 11.3 Å². The standard InChI is InChI=1S/C15H16N2OS/c1-2-9-17-13(7-8-16-17)15(18)12-10-19-14-6-4-3-5-11(12)14/h3-8,10,15,18H,2,9H2,1H3. The maximum atomic E-state index is 10.6. The van der Waals surface area contributed by atoms with E-state index in [4.69, 9.17) is 0 Å². The van der Waals surface area contributed by atoms with Crippen molar-refractivity contribution in [2.75, 3.05) is 0 Å². The molecule has 0 radical (unpaired) electrons. The minimum atomic E-state index is -0.606. The summed E-state index contributed by atoms with van der Waals surface area (Å²) in [4.78, 5) is 0. The fraction of sp³-hybridized carbons (Fsp3) is 0.267. The third-order valence-corrected chi connectivity index (χ3v) is 4.25. The highest BCUT2D eigenvalue weighted by molar-refractivity contribution is 7.17. The van der Waals surface area contributed by atoms with E-state index in [-0.39, 0.29) is 0 Å². The van der Waals surface area contributed by atoms with Gasteiger partial charge in [-0.1, -0.05) is 25.1 Å². The second-order valence-corrected chi connectivity index (χ2v) is 5.48. The van der Waals surface area contributed by atoms with Crippen LogP contribution in [0.1, 0.15) is 30.7 Å². The van der Waals surface area contributed by atoms with Gasteiger partial charge in [0, 0.05) is 23.0 Å². The summed E-state index contributed by atoms with van der Waals surface area (Å²) in [5.74, 6) is 0. The largest absolute Gasteiger partial charge is 0.382 e. The summed E-state index contributed by atoms with van der Waals surface area (Å²) in [6.07, 6.45) is 2.15. The highest BCUT2D eigenvalue weighted by atomic mass is 32.1. The number of aliphatic hydroxyl groups is 1. The van der Waals surface area contributed by atoms with Crippen LogP contribution in [0.3, 0.4) is 0 Å². The van der Waals surface area contributed by atoms with Crippen LogP contribution in [0.5, 0.6) is 0 Å². The lowest BCUT2D eigenvalue weighted by molar-refractivity contribution is 0.209. The predicted molar refractivity (Wildman–Crippen MR) is 78.4 cm³/mol. The number of fused-ring (bicyclic) bond motifs is 1. The van der Waals surface area contributed by atoms with E-state index in [0.717, 1.165) is 29.6 Å². The van der Waals surface area contributed by atoms with Crippen LogP contribution in [0.15, 0.2) is 41.9 Å². The molecule has 19 heavy (non-hydrogen) atoms. The van der Waals surface area contributed by atoms with Crippen molar-refractivity contribution in [1.82, 2.24) is 9.78 Å². The molecule has 1 atom stereocenters. The molecule has 3 aromatic rings. The van der Waals surface area contributed by atoms with Gasteiger partial charge in [0.05, 0.1) is 5.69 Å². The van der Waals surface area contributed by atoms with Crippen LogP contribution in [0.4, 0.5) is 0 Å². The first-order valence-electron chi connectivity index (χ1n) is 6.47. The molecule has 0 saturated heterocycles. The van der Waals surface area contributed by atoms with Gasteiger partial charge in [-0.3, -0.25) is 4.68 Å². The van der Waals surface area contributed by atoms with Gasteiger partial charge in [0.1, 0.15) is 6.10 Å². The molecular formula is C15H16N2OS. The quantitative estimate of drug-likeness (QED) is 0.788. The van der Waals surface area contributed by atoms with Crippen molar-refractivity contribution < 1.29 is 5.11 Å². The summed E-state index contributed by atoms with van der Waals surface area (Å²) in [7, 11) is 0. The number of aryl methyl sites for hydroxylation is 1. The van der Waals surface area contributed by atoms with Crippen LogP contribution < -0.4 is 0 Å². The Morgan fingerprint density at radius 2 is 2.16 bits per heavy atom. The Labute approximate surface area is 116 Å². The lowest BCUT2D eigenvalue weighted by atomic mass is 10.1. The van der Waals surface area contributed by atoms with Gasteiger partial charge < -0.3 is 5.11 Å². The van der Waals surface area contributed by atoms with Crippen molar-refractivity contribution in [1.29, 1.82) is 0 Å². The van der Waals surface area contributed by atoms with Crippen LogP contribution in [-0.2, 0) is 6.54 Å². The number of hydrogen-bond donors (Lipinski definition) is 1. The number of thiophene rings is 1. The maximum absolute atomic E-state index is 10.6. The molecule has 0 saturated carbocycles. The molecule has 3 nitrogen and oxygen atoms in total. The molecule has 0 bridgehead atoms. The van der Waals surface area contributed by atoms with Crippen LogP contribution in [0.2, 0.25) is 0 Å². The average Bonchev–Trinajstić information content (AvgIpc) is 3.04. The van der Waals surface area contributed by atoms with Crippen molar-refractivity contribution >= 4 is 21.4 Å². The zero-order chi connectivity index (χ0) is 13.2. The first-order chi connectivity index (χ1) is 9.31. The third kappa shape index (κ3) is 2.17. The van der Waals surface area contributed by atoms with Gasteiger partial charge >= 0.3 is 0 Å². The highest BCUT2D eigenvalue weighted by Gasteiger charge is 2.18. The lowest BCUT2D eigenvalue weighted by Gasteiger charge is -2.12. The van der Waals surface area contributed by atoms with Crippen LogP contribution in [0, 0.1) is 0 Å². The number of aromatic nitrogens is 2. The molecule has 1 N–H and O–H groups in total. The average molecular weight is 272 g/mol. The summed E-state index contributed by atoms with van der Waals surface area (Å²) in [6.45, 7) is 2.94. The maximum Gasteiger partial charge on any atom is 0.122 e. The van der Waals surface area contributed by atoms with Gasteiger partial charge in [-0.05, 0) is 29.3 Å². The summed E-state index contributed by atoms with van der Waals surface area (Å²) < 4.78 is 3.09. The van der Waals surface area contributed by atoms with E-state index < -0.39 is 6.10 Å². The monoisotopic (exact) mass is 272 g/mol. The van der Waals surface area contributed by atoms with Crippen molar-refractivity contribution in [3.8, 4) is 0 Å². The Hall–Kier alpha value is -1.65. The fourth-order valence-corrected chi connectivity index (χ4v) is 3.32. The molecule has 2 aromatic heterocycles. The molecule has 1 aromatic carbocycles.